The number of carbonyl (C=O) groups is 1. The molecule has 0 bridgehead atoms. The number of nitrogens with two attached hydrogens (primary N) is 1. The summed E-state index contributed by atoms with van der Waals surface area (Å²) >= 11 is 0. The van der Waals surface area contributed by atoms with Crippen molar-refractivity contribution in [1.82, 2.24) is 34.2 Å². The Morgan fingerprint density at radius 2 is 1.93 bits per heavy atom. The van der Waals surface area contributed by atoms with E-state index in [1.807, 2.05) is 35.5 Å². The highest BCUT2D eigenvalue weighted by Crippen LogP contribution is 2.32. The minimum absolute atomic E-state index is 0.157. The van der Waals surface area contributed by atoms with Crippen LogP contribution < -0.4 is 10.6 Å². The van der Waals surface area contributed by atoms with Crippen molar-refractivity contribution in [3.05, 3.63) is 46.8 Å². The minimum Gasteiger partial charge on any atom is -0.464 e. The number of ether oxygens (including phenoxy) is 1. The van der Waals surface area contributed by atoms with Crippen molar-refractivity contribution in [2.45, 2.75) is 26.8 Å². The Balaban J connectivity index is 1.16. The number of anilines is 2. The van der Waals surface area contributed by atoms with E-state index in [1.165, 1.54) is 17.7 Å². The molecule has 0 saturated carbocycles. The number of piperazine rings is 1. The van der Waals surface area contributed by atoms with Gasteiger partial charge in [0.05, 0.1) is 23.9 Å². The van der Waals surface area contributed by atoms with Crippen molar-refractivity contribution in [1.29, 1.82) is 0 Å². The molecule has 1 fully saturated rings. The first-order chi connectivity index (χ1) is 20.3. The van der Waals surface area contributed by atoms with Crippen molar-refractivity contribution in [3.63, 3.8) is 0 Å². The van der Waals surface area contributed by atoms with Gasteiger partial charge in [-0.3, -0.25) is 9.89 Å². The number of nitrogens with zero attached hydrogens (tertiary/aromatic N) is 9. The highest BCUT2D eigenvalue weighted by atomic mass is 19.1. The quantitative estimate of drug-likeness (QED) is 0.301. The molecule has 0 spiro atoms. The number of methoxy groups -OCH3 is 1. The monoisotopic (exact) mass is 572 g/mol. The van der Waals surface area contributed by atoms with Crippen LogP contribution in [0.1, 0.15) is 34.0 Å². The molecule has 0 amide bonds. The van der Waals surface area contributed by atoms with Crippen molar-refractivity contribution in [3.8, 4) is 0 Å². The van der Waals surface area contributed by atoms with Crippen LogP contribution in [0.3, 0.4) is 0 Å². The molecule has 13 nitrogen and oxygen atoms in total. The number of esters is 1. The van der Waals surface area contributed by atoms with Gasteiger partial charge in [0.15, 0.2) is 11.2 Å². The number of halogens is 1. The van der Waals surface area contributed by atoms with Crippen LogP contribution in [0.5, 0.6) is 0 Å². The molecule has 6 heterocycles. The van der Waals surface area contributed by atoms with Crippen molar-refractivity contribution in [2.75, 3.05) is 50.5 Å². The van der Waals surface area contributed by atoms with Crippen LogP contribution in [-0.2, 0) is 11.3 Å². The molecule has 2 N–H and O–H groups in total. The number of nitrogen functional groups attached to an aromatic ring is 1. The van der Waals surface area contributed by atoms with Gasteiger partial charge in [-0.2, -0.15) is 9.50 Å². The normalized spacial score (nSPS) is 15.9. The maximum Gasteiger partial charge on any atom is 0.355 e. The molecule has 14 heteroatoms. The van der Waals surface area contributed by atoms with E-state index in [1.54, 1.807) is 6.21 Å². The molecule has 0 aliphatic carbocycles. The van der Waals surface area contributed by atoms with E-state index in [-0.39, 0.29) is 11.8 Å². The van der Waals surface area contributed by atoms with Crippen LogP contribution in [0.2, 0.25) is 0 Å². The van der Waals surface area contributed by atoms with Gasteiger partial charge < -0.3 is 24.5 Å². The first-order valence-corrected chi connectivity index (χ1v) is 13.7. The lowest BCUT2D eigenvalue weighted by atomic mass is 10.1. The zero-order chi connectivity index (χ0) is 29.1. The average molecular weight is 573 g/mol. The molecular formula is C28H29FN10O3. The Kier molecular flexibility index (Phi) is 6.15. The summed E-state index contributed by atoms with van der Waals surface area (Å²) in [4.78, 5) is 31.0. The number of aryl methyl sites for hydroxylation is 2. The second-order valence-corrected chi connectivity index (χ2v) is 10.5. The van der Waals surface area contributed by atoms with E-state index in [2.05, 4.69) is 25.1 Å². The van der Waals surface area contributed by atoms with E-state index in [0.29, 0.717) is 76.9 Å². The van der Waals surface area contributed by atoms with Crippen molar-refractivity contribution < 1.29 is 18.4 Å². The zero-order valence-corrected chi connectivity index (χ0v) is 23.5. The molecule has 4 aromatic heterocycles. The number of aromatic nitrogens is 6. The standard InChI is InChI=1S/C28H29FN10O3/c1-15-22-25(33-28(30)39-26(22)32-24(34-39)19-5-4-6-31-19)38(23(15)27(40)41-3)12-9-36-7-10-37(11-8-36)20-13-17-16(2)35-42-21(17)14-18(20)29/h5-6,13-14H,4,7-12H2,1-3H3,(H2,30,33). The Bertz CT molecular complexity index is 1940. The number of carbonyl (C=O) groups excluding carboxylic acids is 1. The van der Waals surface area contributed by atoms with Crippen LogP contribution in [0.15, 0.2) is 27.7 Å². The van der Waals surface area contributed by atoms with Gasteiger partial charge in [0.1, 0.15) is 22.9 Å². The molecular weight excluding hydrogens is 543 g/mol. The first kappa shape index (κ1) is 26.1. The summed E-state index contributed by atoms with van der Waals surface area (Å²) in [5.41, 5.74) is 10.9. The molecule has 0 radical (unpaired) electrons. The number of allylic oxidation sites excluding steroid dienone is 1. The predicted octanol–water partition coefficient (Wildman–Crippen LogP) is 2.98. The van der Waals surface area contributed by atoms with E-state index < -0.39 is 5.97 Å². The summed E-state index contributed by atoms with van der Waals surface area (Å²) < 4.78 is 28.6. The van der Waals surface area contributed by atoms with E-state index in [9.17, 15) is 9.18 Å². The molecule has 1 saturated heterocycles. The lowest BCUT2D eigenvalue weighted by Gasteiger charge is -2.36. The zero-order valence-electron chi connectivity index (χ0n) is 23.5. The molecule has 2 aliphatic heterocycles. The third kappa shape index (κ3) is 4.09. The molecule has 0 unspecified atom stereocenters. The average Bonchev–Trinajstić information content (AvgIpc) is 3.78. The van der Waals surface area contributed by atoms with Crippen LogP contribution in [0.4, 0.5) is 16.0 Å². The molecule has 42 heavy (non-hydrogen) atoms. The van der Waals surface area contributed by atoms with E-state index in [0.717, 1.165) is 30.6 Å². The molecule has 0 atom stereocenters. The molecule has 2 aliphatic rings. The summed E-state index contributed by atoms with van der Waals surface area (Å²) in [5, 5.41) is 9.97. The van der Waals surface area contributed by atoms with Gasteiger partial charge in [0.2, 0.25) is 11.8 Å². The Labute approximate surface area is 239 Å². The number of hydrogen-bond donors (Lipinski definition) is 1. The van der Waals surface area contributed by atoms with Gasteiger partial charge >= 0.3 is 5.97 Å². The minimum atomic E-state index is -0.468. The van der Waals surface area contributed by atoms with Crippen LogP contribution in [-0.4, -0.2) is 86.2 Å². The fourth-order valence-electron chi connectivity index (χ4n) is 5.87. The third-order valence-electron chi connectivity index (χ3n) is 8.07. The summed E-state index contributed by atoms with van der Waals surface area (Å²) in [6.07, 6.45) is 4.45. The summed E-state index contributed by atoms with van der Waals surface area (Å²) in [5.74, 6) is -0.189. The number of aliphatic imine (C=N–C) groups is 1. The molecule has 1 aromatic carbocycles. The number of hydrogen-bond acceptors (Lipinski definition) is 11. The van der Waals surface area contributed by atoms with Crippen LogP contribution >= 0.6 is 0 Å². The van der Waals surface area contributed by atoms with Gasteiger partial charge in [0, 0.05) is 63.4 Å². The van der Waals surface area contributed by atoms with Crippen molar-refractivity contribution >= 4 is 57.2 Å². The predicted molar refractivity (Wildman–Crippen MR) is 155 cm³/mol. The van der Waals surface area contributed by atoms with Gasteiger partial charge in [-0.1, -0.05) is 5.16 Å². The lowest BCUT2D eigenvalue weighted by Crippen LogP contribution is -2.47. The van der Waals surface area contributed by atoms with E-state index in [4.69, 9.17) is 20.0 Å². The summed E-state index contributed by atoms with van der Waals surface area (Å²) in [6, 6.07) is 3.21. The largest absolute Gasteiger partial charge is 0.464 e. The van der Waals surface area contributed by atoms with Gasteiger partial charge in [0.25, 0.3) is 0 Å². The van der Waals surface area contributed by atoms with E-state index >= 15 is 0 Å². The number of rotatable bonds is 6. The molecule has 216 valence electrons. The maximum absolute atomic E-state index is 14.9. The van der Waals surface area contributed by atoms with Gasteiger partial charge in [-0.05, 0) is 31.6 Å². The summed E-state index contributed by atoms with van der Waals surface area (Å²) in [7, 11) is 1.36. The maximum atomic E-state index is 14.9. The highest BCUT2D eigenvalue weighted by Gasteiger charge is 2.28. The first-order valence-electron chi connectivity index (χ1n) is 13.7. The highest BCUT2D eigenvalue weighted by molar-refractivity contribution is 6.03. The Hall–Kier alpha value is -4.85. The Morgan fingerprint density at radius 1 is 1.12 bits per heavy atom. The smallest absolute Gasteiger partial charge is 0.355 e. The SMILES string of the molecule is COC(=O)c1c(C)c2c(nc(N)n3nc(C4=CCC=N4)nc23)n1CCN1CCN(c2cc3c(C)noc3cc2F)CC1. The number of fused-ring (bicyclic) bond motifs is 4. The fourth-order valence-corrected chi connectivity index (χ4v) is 5.87. The van der Waals surface area contributed by atoms with Crippen LogP contribution in [0.25, 0.3) is 33.3 Å². The molecule has 5 aromatic rings. The van der Waals surface area contributed by atoms with Gasteiger partial charge in [-0.15, -0.1) is 5.10 Å². The number of benzene rings is 1. The second kappa shape index (κ2) is 9.91. The van der Waals surface area contributed by atoms with Gasteiger partial charge in [-0.25, -0.2) is 14.2 Å². The summed E-state index contributed by atoms with van der Waals surface area (Å²) in [6.45, 7) is 7.53. The fraction of sp³-hybridized carbons (Fsp3) is 0.357. The molecule has 7 rings (SSSR count). The topological polar surface area (TPSA) is 145 Å². The third-order valence-corrected chi connectivity index (χ3v) is 8.07. The lowest BCUT2D eigenvalue weighted by molar-refractivity contribution is 0.0587. The van der Waals surface area contributed by atoms with Crippen molar-refractivity contribution in [2.24, 2.45) is 4.99 Å². The Morgan fingerprint density at radius 3 is 2.67 bits per heavy atom. The second-order valence-electron chi connectivity index (χ2n) is 10.5. The van der Waals surface area contributed by atoms with Crippen LogP contribution in [0, 0.1) is 19.7 Å².